The molecule has 30 heavy (non-hydrogen) atoms. The number of carbonyl (C=O) groups is 1. The number of hydrogen-bond donors (Lipinski definition) is 2. The molecule has 3 aromatic rings. The standard InChI is InChI=1S/C16H18N8O5S/c1-9-6-5-7-10(14-20-22-23-24(14)2)13(9)30(26,27)21-16(25)19-15-17-11(28-3)8-12(18-15)29-4/h5-8H,1-4H3,(H2,17,18,19,21,25). The number of rotatable bonds is 6. The molecule has 2 aromatic heterocycles. The Morgan fingerprint density at radius 3 is 2.37 bits per heavy atom. The first-order valence-corrected chi connectivity index (χ1v) is 9.86. The van der Waals surface area contributed by atoms with Crippen LogP contribution in [-0.2, 0) is 17.1 Å². The van der Waals surface area contributed by atoms with Gasteiger partial charge in [-0.2, -0.15) is 9.97 Å². The van der Waals surface area contributed by atoms with Gasteiger partial charge in [0.05, 0.1) is 20.3 Å². The van der Waals surface area contributed by atoms with Gasteiger partial charge in [0.2, 0.25) is 17.7 Å². The first-order valence-electron chi connectivity index (χ1n) is 8.38. The summed E-state index contributed by atoms with van der Waals surface area (Å²) in [5.41, 5.74) is 0.636. The maximum atomic E-state index is 13.0. The molecular formula is C16H18N8O5S. The number of anilines is 1. The molecule has 3 rings (SSSR count). The van der Waals surface area contributed by atoms with Gasteiger partial charge < -0.3 is 9.47 Å². The normalized spacial score (nSPS) is 11.1. The van der Waals surface area contributed by atoms with Crippen molar-refractivity contribution in [3.63, 3.8) is 0 Å². The van der Waals surface area contributed by atoms with Crippen molar-refractivity contribution >= 4 is 22.0 Å². The van der Waals surface area contributed by atoms with Gasteiger partial charge >= 0.3 is 6.03 Å². The number of amides is 2. The Morgan fingerprint density at radius 1 is 1.13 bits per heavy atom. The van der Waals surface area contributed by atoms with Crippen LogP contribution in [0.4, 0.5) is 10.7 Å². The summed E-state index contributed by atoms with van der Waals surface area (Å²) in [6.07, 6.45) is 0. The fourth-order valence-electron chi connectivity index (χ4n) is 2.61. The smallest absolute Gasteiger partial charge is 0.335 e. The molecule has 0 unspecified atom stereocenters. The molecule has 158 valence electrons. The number of nitrogens with one attached hydrogen (secondary N) is 2. The number of hydrogen-bond acceptors (Lipinski definition) is 10. The lowest BCUT2D eigenvalue weighted by Crippen LogP contribution is -2.35. The zero-order valence-electron chi connectivity index (χ0n) is 16.4. The summed E-state index contributed by atoms with van der Waals surface area (Å²) in [7, 11) is 0.0114. The molecular weight excluding hydrogens is 416 g/mol. The molecule has 2 heterocycles. The molecule has 0 bridgehead atoms. The van der Waals surface area contributed by atoms with E-state index in [9.17, 15) is 13.2 Å². The molecule has 13 nitrogen and oxygen atoms in total. The van der Waals surface area contributed by atoms with E-state index < -0.39 is 16.1 Å². The van der Waals surface area contributed by atoms with Crippen molar-refractivity contribution in [3.05, 3.63) is 29.8 Å². The molecule has 0 saturated carbocycles. The van der Waals surface area contributed by atoms with Crippen LogP contribution in [0.1, 0.15) is 5.56 Å². The van der Waals surface area contributed by atoms with E-state index in [-0.39, 0.29) is 34.0 Å². The highest BCUT2D eigenvalue weighted by atomic mass is 32.2. The Balaban J connectivity index is 1.91. The maximum absolute atomic E-state index is 13.0. The van der Waals surface area contributed by atoms with E-state index in [1.54, 1.807) is 32.2 Å². The molecule has 0 fully saturated rings. The number of ether oxygens (including phenoxy) is 2. The first kappa shape index (κ1) is 20.9. The molecule has 0 aliphatic carbocycles. The van der Waals surface area contributed by atoms with Gasteiger partial charge in [0.1, 0.15) is 4.90 Å². The Bertz CT molecular complexity index is 1170. The zero-order chi connectivity index (χ0) is 21.9. The third-order valence-electron chi connectivity index (χ3n) is 3.89. The Hall–Kier alpha value is -3.81. The van der Waals surface area contributed by atoms with Gasteiger partial charge in [0.25, 0.3) is 10.0 Å². The molecule has 2 N–H and O–H groups in total. The van der Waals surface area contributed by atoms with Crippen molar-refractivity contribution in [3.8, 4) is 23.1 Å². The minimum Gasteiger partial charge on any atom is -0.481 e. The van der Waals surface area contributed by atoms with Crippen LogP contribution in [0.2, 0.25) is 0 Å². The van der Waals surface area contributed by atoms with Crippen LogP contribution < -0.4 is 19.5 Å². The molecule has 0 aliphatic heterocycles. The number of methoxy groups -OCH3 is 2. The summed E-state index contributed by atoms with van der Waals surface area (Å²) in [6.45, 7) is 1.59. The van der Waals surface area contributed by atoms with Gasteiger partial charge in [0, 0.05) is 12.6 Å². The topological polar surface area (TPSA) is 163 Å². The lowest BCUT2D eigenvalue weighted by molar-refractivity contribution is 0.256. The highest BCUT2D eigenvalue weighted by Gasteiger charge is 2.26. The molecule has 0 radical (unpaired) electrons. The van der Waals surface area contributed by atoms with Crippen LogP contribution in [0.15, 0.2) is 29.2 Å². The fourth-order valence-corrected chi connectivity index (χ4v) is 3.95. The number of carbonyl (C=O) groups excluding carboxylic acids is 1. The largest absolute Gasteiger partial charge is 0.481 e. The second kappa shape index (κ2) is 8.28. The lowest BCUT2D eigenvalue weighted by atomic mass is 10.1. The van der Waals surface area contributed by atoms with E-state index in [1.165, 1.54) is 25.0 Å². The Kier molecular flexibility index (Phi) is 5.77. The van der Waals surface area contributed by atoms with Crippen LogP contribution in [0, 0.1) is 6.92 Å². The van der Waals surface area contributed by atoms with Crippen molar-refractivity contribution < 1.29 is 22.7 Å². The minimum atomic E-state index is -4.30. The maximum Gasteiger partial charge on any atom is 0.335 e. The summed E-state index contributed by atoms with van der Waals surface area (Å²) in [5, 5.41) is 13.3. The SMILES string of the molecule is COc1cc(OC)nc(NC(=O)NS(=O)(=O)c2c(C)cccc2-c2nnnn2C)n1. The van der Waals surface area contributed by atoms with Gasteiger partial charge in [-0.25, -0.2) is 22.6 Å². The van der Waals surface area contributed by atoms with Gasteiger partial charge in [0.15, 0.2) is 5.82 Å². The quantitative estimate of drug-likeness (QED) is 0.558. The van der Waals surface area contributed by atoms with E-state index >= 15 is 0 Å². The van der Waals surface area contributed by atoms with E-state index in [1.807, 2.05) is 4.72 Å². The number of nitrogens with zero attached hydrogens (tertiary/aromatic N) is 6. The van der Waals surface area contributed by atoms with Crippen LogP contribution in [0.3, 0.4) is 0 Å². The number of tetrazole rings is 1. The first-order chi connectivity index (χ1) is 14.2. The van der Waals surface area contributed by atoms with E-state index in [0.717, 1.165) is 0 Å². The molecule has 0 saturated heterocycles. The van der Waals surface area contributed by atoms with Crippen molar-refractivity contribution in [2.24, 2.45) is 7.05 Å². The van der Waals surface area contributed by atoms with Crippen molar-refractivity contribution in [1.29, 1.82) is 0 Å². The summed E-state index contributed by atoms with van der Waals surface area (Å²) in [4.78, 5) is 20.1. The number of aryl methyl sites for hydroxylation is 2. The summed E-state index contributed by atoms with van der Waals surface area (Å²) in [6, 6.07) is 5.12. The molecule has 0 atom stereocenters. The summed E-state index contributed by atoms with van der Waals surface area (Å²) >= 11 is 0. The van der Waals surface area contributed by atoms with Crippen LogP contribution in [-0.4, -0.2) is 58.8 Å². The summed E-state index contributed by atoms with van der Waals surface area (Å²) in [5.74, 6) is 0.258. The van der Waals surface area contributed by atoms with Gasteiger partial charge in [-0.3, -0.25) is 5.32 Å². The molecule has 1 aromatic carbocycles. The van der Waals surface area contributed by atoms with Crippen molar-refractivity contribution in [2.45, 2.75) is 11.8 Å². The minimum absolute atomic E-state index is 0.121. The Morgan fingerprint density at radius 2 is 1.80 bits per heavy atom. The molecule has 14 heteroatoms. The number of sulfonamides is 1. The molecule has 0 spiro atoms. The highest BCUT2D eigenvalue weighted by Crippen LogP contribution is 2.28. The number of aromatic nitrogens is 6. The number of benzene rings is 1. The van der Waals surface area contributed by atoms with Gasteiger partial charge in [-0.05, 0) is 29.0 Å². The van der Waals surface area contributed by atoms with E-state index in [4.69, 9.17) is 9.47 Å². The summed E-state index contributed by atoms with van der Waals surface area (Å²) < 4.78 is 39.2. The van der Waals surface area contributed by atoms with Gasteiger partial charge in [-0.15, -0.1) is 5.10 Å². The van der Waals surface area contributed by atoms with Gasteiger partial charge in [-0.1, -0.05) is 12.1 Å². The Labute approximate surface area is 171 Å². The monoisotopic (exact) mass is 434 g/mol. The van der Waals surface area contributed by atoms with E-state index in [0.29, 0.717) is 5.56 Å². The second-order valence-corrected chi connectivity index (χ2v) is 7.53. The number of urea groups is 1. The predicted octanol–water partition coefficient (Wildman–Crippen LogP) is 0.503. The van der Waals surface area contributed by atoms with Crippen molar-refractivity contribution in [1.82, 2.24) is 34.9 Å². The van der Waals surface area contributed by atoms with Crippen LogP contribution >= 0.6 is 0 Å². The van der Waals surface area contributed by atoms with Crippen molar-refractivity contribution in [2.75, 3.05) is 19.5 Å². The third-order valence-corrected chi connectivity index (χ3v) is 5.42. The van der Waals surface area contributed by atoms with Crippen LogP contribution in [0.5, 0.6) is 11.8 Å². The predicted molar refractivity (Wildman–Crippen MR) is 103 cm³/mol. The second-order valence-electron chi connectivity index (χ2n) is 5.91. The van der Waals surface area contributed by atoms with E-state index in [2.05, 4.69) is 30.8 Å². The highest BCUT2D eigenvalue weighted by molar-refractivity contribution is 7.90. The average molecular weight is 434 g/mol. The van der Waals surface area contributed by atoms with Crippen LogP contribution in [0.25, 0.3) is 11.4 Å². The molecule has 0 aliphatic rings. The third kappa shape index (κ3) is 4.27. The fraction of sp³-hybridized carbons (Fsp3) is 0.250. The zero-order valence-corrected chi connectivity index (χ0v) is 17.3. The average Bonchev–Trinajstić information content (AvgIpc) is 3.12. The lowest BCUT2D eigenvalue weighted by Gasteiger charge is -2.13. The molecule has 2 amide bonds.